The minimum absolute atomic E-state index is 0.690. The quantitative estimate of drug-likeness (QED) is 0.742. The van der Waals surface area contributed by atoms with Crippen molar-refractivity contribution in [1.82, 2.24) is 14.5 Å². The molecule has 0 spiro atoms. The van der Waals surface area contributed by atoms with Gasteiger partial charge in [0.15, 0.2) is 11.5 Å². The summed E-state index contributed by atoms with van der Waals surface area (Å²) in [7, 11) is 5.21. The lowest BCUT2D eigenvalue weighted by Crippen LogP contribution is -1.89. The number of methoxy groups -OCH3 is 2. The van der Waals surface area contributed by atoms with Gasteiger partial charge in [-0.3, -0.25) is 0 Å². The second kappa shape index (κ2) is 5.57. The summed E-state index contributed by atoms with van der Waals surface area (Å²) in [6.45, 7) is 0. The molecule has 0 aliphatic heterocycles. The van der Waals surface area contributed by atoms with Crippen LogP contribution in [0.25, 0.3) is 22.4 Å². The first kappa shape index (κ1) is 13.6. The molecule has 0 N–H and O–H groups in total. The van der Waals surface area contributed by atoms with Gasteiger partial charge in [0.2, 0.25) is 0 Å². The zero-order valence-corrected chi connectivity index (χ0v) is 12.8. The highest BCUT2D eigenvalue weighted by Gasteiger charge is 2.09. The van der Waals surface area contributed by atoms with E-state index in [1.54, 1.807) is 31.8 Å². The molecule has 0 unspecified atom stereocenters. The van der Waals surface area contributed by atoms with E-state index < -0.39 is 0 Å². The topological polar surface area (TPSA) is 49.2 Å². The van der Waals surface area contributed by atoms with Crippen molar-refractivity contribution >= 4 is 33.7 Å². The molecule has 108 valence electrons. The molecule has 2 heterocycles. The zero-order valence-electron chi connectivity index (χ0n) is 12.0. The summed E-state index contributed by atoms with van der Waals surface area (Å²) in [5.41, 5.74) is 0.900. The lowest BCUT2D eigenvalue weighted by atomic mass is 10.3. The number of fused-ring (bicyclic) bond motifs is 1. The van der Waals surface area contributed by atoms with E-state index >= 15 is 0 Å². The Morgan fingerprint density at radius 1 is 1.14 bits per heavy atom. The molecule has 0 saturated carbocycles. The third-order valence-corrected chi connectivity index (χ3v) is 4.13. The van der Waals surface area contributed by atoms with Gasteiger partial charge < -0.3 is 14.0 Å². The van der Waals surface area contributed by atoms with Gasteiger partial charge in [-0.1, -0.05) is 0 Å². The molecule has 3 aromatic rings. The normalized spacial score (nSPS) is 11.4. The number of aryl methyl sites for hydroxylation is 1. The number of nitrogens with zero attached hydrogens (tertiary/aromatic N) is 3. The summed E-state index contributed by atoms with van der Waals surface area (Å²) in [6, 6.07) is 3.84. The molecular formula is C15H15N3O2S. The van der Waals surface area contributed by atoms with E-state index in [1.807, 2.05) is 42.1 Å². The summed E-state index contributed by atoms with van der Waals surface area (Å²) < 4.78 is 13.6. The Morgan fingerprint density at radius 2 is 1.90 bits per heavy atom. The molecule has 0 amide bonds. The fourth-order valence-corrected chi connectivity index (χ4v) is 2.91. The molecule has 3 rings (SSSR count). The van der Waals surface area contributed by atoms with Crippen LogP contribution in [0.1, 0.15) is 10.8 Å². The Morgan fingerprint density at radius 3 is 2.57 bits per heavy atom. The van der Waals surface area contributed by atoms with E-state index in [1.165, 1.54) is 0 Å². The fourth-order valence-electron chi connectivity index (χ4n) is 2.03. The van der Waals surface area contributed by atoms with Gasteiger partial charge in [-0.2, -0.15) is 0 Å². The summed E-state index contributed by atoms with van der Waals surface area (Å²) in [5.74, 6) is 2.30. The largest absolute Gasteiger partial charge is 0.493 e. The highest BCUT2D eigenvalue weighted by atomic mass is 32.1. The zero-order chi connectivity index (χ0) is 14.8. The lowest BCUT2D eigenvalue weighted by molar-refractivity contribution is 0.356. The Labute approximate surface area is 126 Å². The van der Waals surface area contributed by atoms with Crippen LogP contribution >= 0.6 is 11.3 Å². The number of thiazole rings is 1. The maximum absolute atomic E-state index is 5.31. The average Bonchev–Trinajstić information content (AvgIpc) is 3.08. The van der Waals surface area contributed by atoms with Gasteiger partial charge in [0.05, 0.1) is 24.4 Å². The number of imidazole rings is 1. The van der Waals surface area contributed by atoms with Crippen molar-refractivity contribution in [2.24, 2.45) is 7.05 Å². The van der Waals surface area contributed by atoms with E-state index in [9.17, 15) is 0 Å². The van der Waals surface area contributed by atoms with Crippen molar-refractivity contribution in [1.29, 1.82) is 0 Å². The first-order valence-electron chi connectivity index (χ1n) is 6.39. The van der Waals surface area contributed by atoms with Crippen molar-refractivity contribution < 1.29 is 9.47 Å². The molecule has 0 saturated heterocycles. The summed E-state index contributed by atoms with van der Waals surface area (Å²) in [4.78, 5) is 8.84. The molecule has 0 radical (unpaired) electrons. The highest BCUT2D eigenvalue weighted by Crippen LogP contribution is 2.35. The van der Waals surface area contributed by atoms with Crippen LogP contribution in [-0.2, 0) is 7.05 Å². The Kier molecular flexibility index (Phi) is 3.62. The summed E-state index contributed by atoms with van der Waals surface area (Å²) >= 11 is 1.60. The van der Waals surface area contributed by atoms with Crippen LogP contribution in [0.3, 0.4) is 0 Å². The third-order valence-electron chi connectivity index (χ3n) is 3.14. The standard InChI is InChI=1S/C15H15N3O2S/c1-18-7-6-16-14(18)4-5-15-17-10-8-11(19-2)12(20-3)9-13(10)21-15/h4-9H,1-3H3. The predicted molar refractivity (Wildman–Crippen MR) is 84.9 cm³/mol. The molecule has 0 aliphatic rings. The van der Waals surface area contributed by atoms with E-state index in [-0.39, 0.29) is 0 Å². The number of hydrogen-bond acceptors (Lipinski definition) is 5. The van der Waals surface area contributed by atoms with E-state index in [4.69, 9.17) is 9.47 Å². The Balaban J connectivity index is 1.97. The first-order chi connectivity index (χ1) is 10.2. The number of rotatable bonds is 4. The minimum atomic E-state index is 0.690. The number of aromatic nitrogens is 3. The van der Waals surface area contributed by atoms with Gasteiger partial charge >= 0.3 is 0 Å². The number of ether oxygens (including phenoxy) is 2. The van der Waals surface area contributed by atoms with Crippen molar-refractivity contribution in [2.75, 3.05) is 14.2 Å². The summed E-state index contributed by atoms with van der Waals surface area (Å²) in [5, 5.41) is 0.920. The predicted octanol–water partition coefficient (Wildman–Crippen LogP) is 3.22. The number of hydrogen-bond donors (Lipinski definition) is 0. The van der Waals surface area contributed by atoms with Crippen LogP contribution in [0.2, 0.25) is 0 Å². The lowest BCUT2D eigenvalue weighted by Gasteiger charge is -2.05. The first-order valence-corrected chi connectivity index (χ1v) is 7.21. The van der Waals surface area contributed by atoms with Crippen LogP contribution in [0.15, 0.2) is 24.5 Å². The van der Waals surface area contributed by atoms with Crippen LogP contribution in [0.4, 0.5) is 0 Å². The molecule has 0 aliphatic carbocycles. The second-order valence-electron chi connectivity index (χ2n) is 4.46. The van der Waals surface area contributed by atoms with Gasteiger partial charge in [-0.25, -0.2) is 9.97 Å². The van der Waals surface area contributed by atoms with E-state index in [0.29, 0.717) is 11.5 Å². The van der Waals surface area contributed by atoms with Crippen molar-refractivity contribution in [3.05, 3.63) is 35.4 Å². The van der Waals surface area contributed by atoms with Gasteiger partial charge in [-0.05, 0) is 12.2 Å². The molecule has 0 bridgehead atoms. The van der Waals surface area contributed by atoms with Crippen molar-refractivity contribution in [3.63, 3.8) is 0 Å². The van der Waals surface area contributed by atoms with Crippen LogP contribution in [0.5, 0.6) is 11.5 Å². The Bertz CT molecular complexity index is 763. The molecule has 0 fully saturated rings. The van der Waals surface area contributed by atoms with Crippen molar-refractivity contribution in [2.45, 2.75) is 0 Å². The fraction of sp³-hybridized carbons (Fsp3) is 0.200. The van der Waals surface area contributed by atoms with Crippen molar-refractivity contribution in [3.8, 4) is 11.5 Å². The molecule has 5 nitrogen and oxygen atoms in total. The van der Waals surface area contributed by atoms with Gasteiger partial charge in [0.25, 0.3) is 0 Å². The monoisotopic (exact) mass is 301 g/mol. The van der Waals surface area contributed by atoms with Crippen LogP contribution < -0.4 is 9.47 Å². The molecule has 2 aromatic heterocycles. The van der Waals surface area contributed by atoms with Gasteiger partial charge in [-0.15, -0.1) is 11.3 Å². The van der Waals surface area contributed by atoms with Crippen LogP contribution in [0, 0.1) is 0 Å². The van der Waals surface area contributed by atoms with E-state index in [0.717, 1.165) is 21.0 Å². The maximum Gasteiger partial charge on any atom is 0.162 e. The second-order valence-corrected chi connectivity index (χ2v) is 5.52. The molecule has 6 heteroatoms. The average molecular weight is 301 g/mol. The van der Waals surface area contributed by atoms with Gasteiger partial charge in [0, 0.05) is 31.6 Å². The number of benzene rings is 1. The smallest absolute Gasteiger partial charge is 0.162 e. The van der Waals surface area contributed by atoms with Gasteiger partial charge in [0.1, 0.15) is 10.8 Å². The molecule has 0 atom stereocenters. The molecule has 1 aromatic carbocycles. The molecular weight excluding hydrogens is 286 g/mol. The Hall–Kier alpha value is -2.34. The highest BCUT2D eigenvalue weighted by molar-refractivity contribution is 7.19. The maximum atomic E-state index is 5.31. The SMILES string of the molecule is COc1cc2nc(C=Cc3nccn3C)sc2cc1OC. The van der Waals surface area contributed by atoms with E-state index in [2.05, 4.69) is 9.97 Å². The molecule has 21 heavy (non-hydrogen) atoms. The van der Waals surface area contributed by atoms with Crippen LogP contribution in [-0.4, -0.2) is 28.8 Å². The summed E-state index contributed by atoms with van der Waals surface area (Å²) in [6.07, 6.45) is 7.60. The minimum Gasteiger partial charge on any atom is -0.493 e. The third kappa shape index (κ3) is 2.62.